The Morgan fingerprint density at radius 1 is 1.14 bits per heavy atom. The number of nitrogens with zero attached hydrogens (tertiary/aromatic N) is 3. The normalized spacial score (nSPS) is 21.2. The predicted octanol–water partition coefficient (Wildman–Crippen LogP) is 1.85. The summed E-state index contributed by atoms with van der Waals surface area (Å²) >= 11 is 0. The number of aromatic hydroxyl groups is 1. The van der Waals surface area contributed by atoms with E-state index >= 15 is 0 Å². The molecule has 1 saturated heterocycles. The van der Waals surface area contributed by atoms with Gasteiger partial charge in [0.1, 0.15) is 0 Å². The van der Waals surface area contributed by atoms with Gasteiger partial charge in [-0.1, -0.05) is 24.3 Å². The third-order valence-electron chi connectivity index (χ3n) is 6.46. The number of fused-ring (bicyclic) bond motifs is 3. The lowest BCUT2D eigenvalue weighted by Gasteiger charge is -2.42. The molecule has 1 aliphatic carbocycles. The fourth-order valence-electron chi connectivity index (χ4n) is 4.95. The standard InChI is InChI=1S/C22H23N3O3/c26-18-6-3-9-25-20(28)13-16(23-21(18)25)14-24-10-7-22(8-11-24)17-5-2-1-4-15(17)12-19(22)27/h1-6,9,13,19,26-27H,7-8,10-12,14H2/t19-/m1/s1. The summed E-state index contributed by atoms with van der Waals surface area (Å²) in [4.78, 5) is 19.1. The van der Waals surface area contributed by atoms with Crippen LogP contribution in [0.5, 0.6) is 5.75 Å². The zero-order valence-corrected chi connectivity index (χ0v) is 15.6. The van der Waals surface area contributed by atoms with Crippen molar-refractivity contribution in [1.82, 2.24) is 14.3 Å². The number of aromatic nitrogens is 2. The topological polar surface area (TPSA) is 78.1 Å². The minimum atomic E-state index is -0.326. The highest BCUT2D eigenvalue weighted by atomic mass is 16.3. The average Bonchev–Trinajstić information content (AvgIpc) is 2.96. The predicted molar refractivity (Wildman–Crippen MR) is 105 cm³/mol. The van der Waals surface area contributed by atoms with Crippen LogP contribution < -0.4 is 5.56 Å². The van der Waals surface area contributed by atoms with Crippen molar-refractivity contribution in [3.63, 3.8) is 0 Å². The molecule has 0 radical (unpaired) electrons. The monoisotopic (exact) mass is 377 g/mol. The molecule has 1 atom stereocenters. The number of likely N-dealkylation sites (tertiary alicyclic amines) is 1. The van der Waals surface area contributed by atoms with E-state index in [0.717, 1.165) is 32.4 Å². The first-order valence-corrected chi connectivity index (χ1v) is 9.76. The first-order valence-electron chi connectivity index (χ1n) is 9.76. The minimum absolute atomic E-state index is 0.00438. The van der Waals surface area contributed by atoms with E-state index < -0.39 is 0 Å². The summed E-state index contributed by atoms with van der Waals surface area (Å²) in [7, 11) is 0. The van der Waals surface area contributed by atoms with Crippen molar-refractivity contribution in [1.29, 1.82) is 0 Å². The second-order valence-electron chi connectivity index (χ2n) is 7.98. The molecule has 28 heavy (non-hydrogen) atoms. The van der Waals surface area contributed by atoms with Gasteiger partial charge in [0.2, 0.25) is 0 Å². The lowest BCUT2D eigenvalue weighted by atomic mass is 9.72. The van der Waals surface area contributed by atoms with E-state index in [4.69, 9.17) is 0 Å². The number of pyridine rings is 1. The van der Waals surface area contributed by atoms with Crippen molar-refractivity contribution >= 4 is 5.65 Å². The van der Waals surface area contributed by atoms with Crippen LogP contribution in [-0.2, 0) is 18.4 Å². The van der Waals surface area contributed by atoms with Gasteiger partial charge in [0.05, 0.1) is 11.8 Å². The van der Waals surface area contributed by atoms with Gasteiger partial charge in [-0.3, -0.25) is 14.1 Å². The summed E-state index contributed by atoms with van der Waals surface area (Å²) < 4.78 is 1.36. The Kier molecular flexibility index (Phi) is 4.00. The Hall–Kier alpha value is -2.70. The highest BCUT2D eigenvalue weighted by Crippen LogP contribution is 2.46. The number of hydrogen-bond acceptors (Lipinski definition) is 5. The molecule has 1 aliphatic heterocycles. The van der Waals surface area contributed by atoms with Crippen molar-refractivity contribution < 1.29 is 10.2 Å². The summed E-state index contributed by atoms with van der Waals surface area (Å²) in [6.45, 7) is 2.24. The van der Waals surface area contributed by atoms with Gasteiger partial charge in [-0.25, -0.2) is 4.98 Å². The molecule has 6 heteroatoms. The molecule has 144 valence electrons. The second kappa shape index (κ2) is 6.43. The third kappa shape index (κ3) is 2.64. The van der Waals surface area contributed by atoms with Crippen molar-refractivity contribution in [2.45, 2.75) is 37.3 Å². The van der Waals surface area contributed by atoms with Gasteiger partial charge >= 0.3 is 0 Å². The highest BCUT2D eigenvalue weighted by molar-refractivity contribution is 5.52. The number of hydrogen-bond donors (Lipinski definition) is 2. The van der Waals surface area contributed by atoms with Gasteiger partial charge < -0.3 is 10.2 Å². The molecule has 0 unspecified atom stereocenters. The van der Waals surface area contributed by atoms with Gasteiger partial charge in [0, 0.05) is 24.2 Å². The van der Waals surface area contributed by atoms with Crippen LogP contribution >= 0.6 is 0 Å². The van der Waals surface area contributed by atoms with E-state index in [2.05, 4.69) is 28.1 Å². The molecule has 1 fully saturated rings. The third-order valence-corrected chi connectivity index (χ3v) is 6.46. The van der Waals surface area contributed by atoms with Crippen molar-refractivity contribution in [2.24, 2.45) is 0 Å². The van der Waals surface area contributed by atoms with Crippen LogP contribution in [0.1, 0.15) is 29.7 Å². The SMILES string of the molecule is O=c1cc(CN2CCC3(CC2)c2ccccc2C[C@H]3O)nc2c(O)cccn12. The molecule has 0 saturated carbocycles. The second-order valence-corrected chi connectivity index (χ2v) is 7.98. The van der Waals surface area contributed by atoms with E-state index in [0.29, 0.717) is 17.9 Å². The molecule has 3 heterocycles. The number of rotatable bonds is 2. The largest absolute Gasteiger partial charge is 0.504 e. The van der Waals surface area contributed by atoms with Crippen molar-refractivity contribution in [3.8, 4) is 5.75 Å². The van der Waals surface area contributed by atoms with Crippen LogP contribution in [-0.4, -0.2) is 43.7 Å². The minimum Gasteiger partial charge on any atom is -0.504 e. The van der Waals surface area contributed by atoms with Crippen LogP contribution in [0, 0.1) is 0 Å². The van der Waals surface area contributed by atoms with Gasteiger partial charge in [0.25, 0.3) is 5.56 Å². The van der Waals surface area contributed by atoms with Crippen molar-refractivity contribution in [2.75, 3.05) is 13.1 Å². The Bertz CT molecular complexity index is 1100. The summed E-state index contributed by atoms with van der Waals surface area (Å²) in [6.07, 6.45) is 3.80. The van der Waals surface area contributed by atoms with Gasteiger partial charge in [-0.15, -0.1) is 0 Å². The molecule has 2 aromatic heterocycles. The molecule has 2 aliphatic rings. The number of aliphatic hydroxyl groups excluding tert-OH is 1. The van der Waals surface area contributed by atoms with Crippen LogP contribution in [0.25, 0.3) is 5.65 Å². The lowest BCUT2D eigenvalue weighted by Crippen LogP contribution is -2.47. The molecule has 0 amide bonds. The molecule has 1 aromatic carbocycles. The van der Waals surface area contributed by atoms with E-state index in [9.17, 15) is 15.0 Å². The molecule has 2 N–H and O–H groups in total. The van der Waals surface area contributed by atoms with Crippen LogP contribution in [0.2, 0.25) is 0 Å². The quantitative estimate of drug-likeness (QED) is 0.713. The van der Waals surface area contributed by atoms with E-state index in [1.807, 2.05) is 6.07 Å². The number of benzene rings is 1. The molecule has 6 nitrogen and oxygen atoms in total. The number of piperidine rings is 1. The maximum atomic E-state index is 12.3. The summed E-state index contributed by atoms with van der Waals surface area (Å²) in [5.41, 5.74) is 3.18. The van der Waals surface area contributed by atoms with Gasteiger partial charge in [0.15, 0.2) is 11.4 Å². The summed E-state index contributed by atoms with van der Waals surface area (Å²) in [6, 6.07) is 13.1. The molecule has 3 aromatic rings. The Morgan fingerprint density at radius 3 is 2.75 bits per heavy atom. The van der Waals surface area contributed by atoms with E-state index in [1.54, 1.807) is 12.3 Å². The zero-order valence-electron chi connectivity index (χ0n) is 15.6. The Balaban J connectivity index is 1.37. The molecular weight excluding hydrogens is 354 g/mol. The van der Waals surface area contributed by atoms with E-state index in [-0.39, 0.29) is 22.8 Å². The first-order chi connectivity index (χ1) is 13.6. The Morgan fingerprint density at radius 2 is 1.93 bits per heavy atom. The van der Waals surface area contributed by atoms with E-state index in [1.165, 1.54) is 27.7 Å². The molecule has 5 rings (SSSR count). The van der Waals surface area contributed by atoms with Gasteiger partial charge in [-0.05, 0) is 55.6 Å². The van der Waals surface area contributed by atoms with Crippen molar-refractivity contribution in [3.05, 3.63) is 75.8 Å². The average molecular weight is 377 g/mol. The lowest BCUT2D eigenvalue weighted by molar-refractivity contribution is 0.0410. The van der Waals surface area contributed by atoms with Crippen LogP contribution in [0.15, 0.2) is 53.5 Å². The fraction of sp³-hybridized carbons (Fsp3) is 0.364. The maximum Gasteiger partial charge on any atom is 0.258 e. The van der Waals surface area contributed by atoms with Gasteiger partial charge in [-0.2, -0.15) is 0 Å². The molecule has 1 spiro atoms. The number of aliphatic hydroxyl groups is 1. The summed E-state index contributed by atoms with van der Waals surface area (Å²) in [5, 5.41) is 20.8. The Labute approximate surface area is 162 Å². The van der Waals surface area contributed by atoms with Crippen LogP contribution in [0.4, 0.5) is 0 Å². The fourth-order valence-corrected chi connectivity index (χ4v) is 4.95. The molecular formula is C22H23N3O3. The zero-order chi connectivity index (χ0) is 19.3. The van der Waals surface area contributed by atoms with Crippen LogP contribution in [0.3, 0.4) is 0 Å². The molecule has 0 bridgehead atoms. The smallest absolute Gasteiger partial charge is 0.258 e. The first kappa shape index (κ1) is 17.4. The summed E-state index contributed by atoms with van der Waals surface area (Å²) in [5.74, 6) is 0.00438. The maximum absolute atomic E-state index is 12.3. The highest BCUT2D eigenvalue weighted by Gasteiger charge is 2.47.